The van der Waals surface area contributed by atoms with E-state index in [1.54, 1.807) is 40.0 Å². The molecule has 0 bridgehead atoms. The van der Waals surface area contributed by atoms with Gasteiger partial charge in [-0.25, -0.2) is 9.38 Å². The second-order valence-electron chi connectivity index (χ2n) is 8.07. The average molecular weight is 386 g/mol. The zero-order valence-corrected chi connectivity index (χ0v) is 17.1. The number of amides is 1. The predicted octanol–water partition coefficient (Wildman–Crippen LogP) is 3.06. The van der Waals surface area contributed by atoms with Crippen molar-refractivity contribution in [1.82, 2.24) is 15.1 Å². The molecule has 1 aromatic carbocycles. The van der Waals surface area contributed by atoms with E-state index in [0.717, 1.165) is 11.4 Å². The highest BCUT2D eigenvalue weighted by Gasteiger charge is 2.53. The Bertz CT molecular complexity index is 950. The third-order valence-corrected chi connectivity index (χ3v) is 5.78. The molecule has 2 aromatic rings. The molecule has 7 nitrogen and oxygen atoms in total. The number of nitrogens with two attached hydrogens (primary N) is 1. The van der Waals surface area contributed by atoms with E-state index in [0.29, 0.717) is 11.3 Å². The molecule has 0 saturated carbocycles. The molecule has 0 fully saturated rings. The van der Waals surface area contributed by atoms with Crippen molar-refractivity contribution < 1.29 is 9.18 Å². The molecule has 0 aliphatic carbocycles. The van der Waals surface area contributed by atoms with E-state index in [1.165, 1.54) is 11.0 Å². The minimum atomic E-state index is -1.14. The number of nitrogens with one attached hydrogen (secondary N) is 2. The molecule has 2 heterocycles. The highest BCUT2D eigenvalue weighted by Crippen LogP contribution is 2.47. The molecule has 0 radical (unpaired) electrons. The van der Waals surface area contributed by atoms with Crippen LogP contribution in [0, 0.1) is 18.2 Å². The first-order valence-electron chi connectivity index (χ1n) is 9.19. The summed E-state index contributed by atoms with van der Waals surface area (Å²) in [5, 5.41) is 10.5. The van der Waals surface area contributed by atoms with E-state index in [-0.39, 0.29) is 17.9 Å². The fraction of sp³-hybridized carbons (Fsp3) is 0.450. The van der Waals surface area contributed by atoms with E-state index in [9.17, 15) is 9.18 Å². The number of carbonyl (C=O) groups is 1. The van der Waals surface area contributed by atoms with Crippen LogP contribution in [0.3, 0.4) is 0 Å². The lowest BCUT2D eigenvalue weighted by molar-refractivity contribution is -0.140. The van der Waals surface area contributed by atoms with E-state index in [4.69, 9.17) is 5.73 Å². The molecule has 3 rings (SSSR count). The number of rotatable bonds is 4. The molecular weight excluding hydrogens is 359 g/mol. The largest absolute Gasteiger partial charge is 0.377 e. The van der Waals surface area contributed by atoms with Crippen molar-refractivity contribution in [2.45, 2.75) is 46.2 Å². The zero-order valence-electron chi connectivity index (χ0n) is 17.1. The summed E-state index contributed by atoms with van der Waals surface area (Å²) in [6.45, 7) is 9.17. The number of guanidine groups is 1. The smallest absolute Gasteiger partial charge is 0.237 e. The Balaban J connectivity index is 2.02. The van der Waals surface area contributed by atoms with Gasteiger partial charge in [-0.1, -0.05) is 0 Å². The van der Waals surface area contributed by atoms with Gasteiger partial charge in [0.1, 0.15) is 11.4 Å². The predicted molar refractivity (Wildman–Crippen MR) is 107 cm³/mol. The van der Waals surface area contributed by atoms with Crippen molar-refractivity contribution in [3.63, 3.8) is 0 Å². The summed E-state index contributed by atoms with van der Waals surface area (Å²) in [4.78, 5) is 18.7. The van der Waals surface area contributed by atoms with Gasteiger partial charge in [0, 0.05) is 24.0 Å². The molecular formula is C20H27FN6O. The number of hydrogen-bond donors (Lipinski definition) is 3. The van der Waals surface area contributed by atoms with Crippen molar-refractivity contribution in [2.75, 3.05) is 12.4 Å². The second-order valence-corrected chi connectivity index (χ2v) is 8.07. The minimum Gasteiger partial charge on any atom is -0.377 e. The molecule has 1 aliphatic rings. The fourth-order valence-corrected chi connectivity index (χ4v) is 3.55. The van der Waals surface area contributed by atoms with E-state index >= 15 is 0 Å². The Kier molecular flexibility index (Phi) is 4.69. The third-order valence-electron chi connectivity index (χ3n) is 5.78. The number of aliphatic imine (C=N–C) groups is 1. The summed E-state index contributed by atoms with van der Waals surface area (Å²) in [5.41, 5.74) is 6.68. The SMILES string of the molecule is Cc1cc(C(C)Nc2ccc(F)c([C@@]3(C)N=C(N)N(C)C(=O)C3(C)C)c2)n[nH]1. The van der Waals surface area contributed by atoms with Crippen LogP contribution < -0.4 is 11.1 Å². The molecule has 1 aromatic heterocycles. The maximum Gasteiger partial charge on any atom is 0.237 e. The molecule has 0 saturated heterocycles. The van der Waals surface area contributed by atoms with Crippen LogP contribution in [0.2, 0.25) is 0 Å². The highest BCUT2D eigenvalue weighted by molar-refractivity contribution is 6.01. The number of nitrogens with zero attached hydrogens (tertiary/aromatic N) is 3. The van der Waals surface area contributed by atoms with Gasteiger partial charge in [-0.2, -0.15) is 5.10 Å². The van der Waals surface area contributed by atoms with Crippen molar-refractivity contribution in [3.8, 4) is 0 Å². The summed E-state index contributed by atoms with van der Waals surface area (Å²) < 4.78 is 14.9. The summed E-state index contributed by atoms with van der Waals surface area (Å²) in [6, 6.07) is 6.61. The fourth-order valence-electron chi connectivity index (χ4n) is 3.55. The topological polar surface area (TPSA) is 99.4 Å². The Hall–Kier alpha value is -2.90. The van der Waals surface area contributed by atoms with Crippen molar-refractivity contribution in [3.05, 3.63) is 47.0 Å². The number of aryl methyl sites for hydroxylation is 1. The maximum absolute atomic E-state index is 14.9. The second kappa shape index (κ2) is 6.61. The summed E-state index contributed by atoms with van der Waals surface area (Å²) in [6.07, 6.45) is 0. The van der Waals surface area contributed by atoms with Crippen LogP contribution in [-0.2, 0) is 10.3 Å². The highest BCUT2D eigenvalue weighted by atomic mass is 19.1. The van der Waals surface area contributed by atoms with Crippen LogP contribution in [0.25, 0.3) is 0 Å². The first-order chi connectivity index (χ1) is 13.0. The van der Waals surface area contributed by atoms with E-state index < -0.39 is 16.8 Å². The lowest BCUT2D eigenvalue weighted by Crippen LogP contribution is -2.58. The van der Waals surface area contributed by atoms with Gasteiger partial charge in [-0.05, 0) is 58.9 Å². The van der Waals surface area contributed by atoms with Crippen LogP contribution in [0.5, 0.6) is 0 Å². The molecule has 1 amide bonds. The van der Waals surface area contributed by atoms with Gasteiger partial charge in [0.2, 0.25) is 5.91 Å². The van der Waals surface area contributed by atoms with E-state index in [2.05, 4.69) is 20.5 Å². The quantitative estimate of drug-likeness (QED) is 0.752. The van der Waals surface area contributed by atoms with Gasteiger partial charge in [0.15, 0.2) is 5.96 Å². The number of carbonyl (C=O) groups excluding carboxylic acids is 1. The normalized spacial score (nSPS) is 22.8. The molecule has 0 spiro atoms. The first kappa shape index (κ1) is 19.9. The molecule has 4 N–H and O–H groups in total. The van der Waals surface area contributed by atoms with Crippen LogP contribution in [-0.4, -0.2) is 34.0 Å². The molecule has 8 heteroatoms. The summed E-state index contributed by atoms with van der Waals surface area (Å²) in [5.74, 6) is -0.566. The number of aromatic nitrogens is 2. The number of halogens is 1. The van der Waals surface area contributed by atoms with Gasteiger partial charge >= 0.3 is 0 Å². The molecule has 1 unspecified atom stereocenters. The van der Waals surface area contributed by atoms with Crippen LogP contribution in [0.4, 0.5) is 10.1 Å². The van der Waals surface area contributed by atoms with Crippen LogP contribution in [0.15, 0.2) is 29.3 Å². The van der Waals surface area contributed by atoms with Crippen LogP contribution in [0.1, 0.15) is 50.7 Å². The molecule has 1 aliphatic heterocycles. The Morgan fingerprint density at radius 2 is 1.96 bits per heavy atom. The first-order valence-corrected chi connectivity index (χ1v) is 9.19. The van der Waals surface area contributed by atoms with Gasteiger partial charge in [-0.15, -0.1) is 0 Å². The van der Waals surface area contributed by atoms with Crippen molar-refractivity contribution in [1.29, 1.82) is 0 Å². The third kappa shape index (κ3) is 3.02. The number of anilines is 1. The van der Waals surface area contributed by atoms with Gasteiger partial charge < -0.3 is 11.1 Å². The minimum absolute atomic E-state index is 0.0740. The average Bonchev–Trinajstić information content (AvgIpc) is 3.07. The zero-order chi connectivity index (χ0) is 20.9. The lowest BCUT2D eigenvalue weighted by Gasteiger charge is -2.46. The van der Waals surface area contributed by atoms with Crippen molar-refractivity contribution >= 4 is 17.6 Å². The number of H-pyrrole nitrogens is 1. The summed E-state index contributed by atoms with van der Waals surface area (Å²) in [7, 11) is 1.57. The maximum atomic E-state index is 14.9. The Morgan fingerprint density at radius 1 is 1.29 bits per heavy atom. The van der Waals surface area contributed by atoms with Gasteiger partial charge in [0.25, 0.3) is 0 Å². The molecule has 28 heavy (non-hydrogen) atoms. The summed E-state index contributed by atoms with van der Waals surface area (Å²) >= 11 is 0. The lowest BCUT2D eigenvalue weighted by atomic mass is 9.67. The van der Waals surface area contributed by atoms with Gasteiger partial charge in [-0.3, -0.25) is 14.8 Å². The Morgan fingerprint density at radius 3 is 2.57 bits per heavy atom. The monoisotopic (exact) mass is 386 g/mol. The molecule has 150 valence electrons. The van der Waals surface area contributed by atoms with E-state index in [1.807, 2.05) is 19.9 Å². The standard InChI is InChI=1S/C20H27FN6O/c1-11-9-16(26-25-11)12(2)23-13-7-8-15(21)14(10-13)20(5)19(3,4)17(28)27(6)18(22)24-20/h7-10,12,23H,1-6H3,(H2,22,24)(H,25,26)/t12?,20-/m1/s1. The Labute approximate surface area is 164 Å². The van der Waals surface area contributed by atoms with Crippen molar-refractivity contribution in [2.24, 2.45) is 16.1 Å². The van der Waals surface area contributed by atoms with Gasteiger partial charge in [0.05, 0.1) is 17.2 Å². The number of benzene rings is 1. The van der Waals surface area contributed by atoms with Crippen LogP contribution >= 0.6 is 0 Å². The number of aromatic amines is 1. The number of hydrogen-bond acceptors (Lipinski definition) is 5. The molecule has 2 atom stereocenters.